The molecule has 1 amide bonds. The molecule has 2 atom stereocenters. The second kappa shape index (κ2) is 4.74. The minimum atomic E-state index is 0.292. The second-order valence-electron chi connectivity index (χ2n) is 5.12. The monoisotopic (exact) mass is 283 g/mol. The van der Waals surface area contributed by atoms with E-state index in [1.807, 2.05) is 0 Å². The van der Waals surface area contributed by atoms with E-state index in [-0.39, 0.29) is 0 Å². The number of hydrogen-bond donors (Lipinski definition) is 2. The molecule has 1 fully saturated rings. The number of hydrogen-bond acceptors (Lipinski definition) is 5. The summed E-state index contributed by atoms with van der Waals surface area (Å²) in [7, 11) is 0. The molecule has 0 bridgehead atoms. The number of aryl methyl sites for hydroxylation is 1. The van der Waals surface area contributed by atoms with Gasteiger partial charge in [0.15, 0.2) is 5.13 Å². The summed E-state index contributed by atoms with van der Waals surface area (Å²) >= 11 is 5.88. The van der Waals surface area contributed by atoms with Crippen molar-refractivity contribution in [1.29, 1.82) is 0 Å². The lowest BCUT2D eigenvalue weighted by molar-refractivity contribution is -0.129. The van der Waals surface area contributed by atoms with Crippen molar-refractivity contribution in [2.75, 3.05) is 18.0 Å². The Labute approximate surface area is 116 Å². The number of aromatic nitrogens is 1. The maximum atomic E-state index is 12.0. The largest absolute Gasteiger partial charge is 0.375 e. The van der Waals surface area contributed by atoms with E-state index in [0.717, 1.165) is 37.3 Å². The molecule has 0 saturated carbocycles. The minimum absolute atomic E-state index is 0.292. The van der Waals surface area contributed by atoms with Crippen LogP contribution in [0.25, 0.3) is 0 Å². The van der Waals surface area contributed by atoms with Crippen LogP contribution in [-0.4, -0.2) is 34.1 Å². The third-order valence-corrected chi connectivity index (χ3v) is 5.33. The number of nitrogen functional groups attached to an aromatic ring is 1. The van der Waals surface area contributed by atoms with Crippen LogP contribution < -0.4 is 5.73 Å². The number of anilines is 1. The topological polar surface area (TPSA) is 59.2 Å². The quantitative estimate of drug-likeness (QED) is 0.806. The third-order valence-electron chi connectivity index (χ3n) is 3.87. The fourth-order valence-corrected chi connectivity index (χ4v) is 4.12. The maximum Gasteiger partial charge on any atom is 0.223 e. The first-order valence-corrected chi connectivity index (χ1v) is 7.76. The summed E-state index contributed by atoms with van der Waals surface area (Å²) in [6.45, 7) is 0.872. The summed E-state index contributed by atoms with van der Waals surface area (Å²) in [5, 5.41) is 0.654. The first-order chi connectivity index (χ1) is 8.67. The lowest BCUT2D eigenvalue weighted by atomic mass is 9.96. The molecule has 1 aromatic heterocycles. The Bertz CT molecular complexity index is 474. The molecule has 1 saturated heterocycles. The van der Waals surface area contributed by atoms with Crippen molar-refractivity contribution in [2.45, 2.75) is 31.7 Å². The highest BCUT2D eigenvalue weighted by Crippen LogP contribution is 2.32. The Morgan fingerprint density at radius 2 is 2.33 bits per heavy atom. The molecule has 0 spiro atoms. The fourth-order valence-electron chi connectivity index (χ4n) is 2.93. The smallest absolute Gasteiger partial charge is 0.223 e. The normalized spacial score (nSPS) is 27.6. The Hall–Kier alpha value is -0.750. The fraction of sp³-hybridized carbons (Fsp3) is 0.667. The number of carbonyl (C=O) groups excluding carboxylic acids is 1. The van der Waals surface area contributed by atoms with Crippen molar-refractivity contribution in [3.8, 4) is 0 Å². The first kappa shape index (κ1) is 12.3. The summed E-state index contributed by atoms with van der Waals surface area (Å²) in [5.74, 6) is 1.52. The van der Waals surface area contributed by atoms with Crippen molar-refractivity contribution in [1.82, 2.24) is 9.88 Å². The van der Waals surface area contributed by atoms with E-state index in [9.17, 15) is 4.79 Å². The summed E-state index contributed by atoms with van der Waals surface area (Å²) in [4.78, 5) is 19.7. The van der Waals surface area contributed by atoms with E-state index in [0.29, 0.717) is 29.4 Å². The van der Waals surface area contributed by atoms with Crippen LogP contribution in [0.15, 0.2) is 0 Å². The highest BCUT2D eigenvalue weighted by Gasteiger charge is 2.35. The van der Waals surface area contributed by atoms with E-state index in [4.69, 9.17) is 5.73 Å². The molecule has 0 aromatic carbocycles. The zero-order valence-electron chi connectivity index (χ0n) is 10.1. The van der Waals surface area contributed by atoms with Crippen molar-refractivity contribution in [3.05, 3.63) is 10.6 Å². The number of carbonyl (C=O) groups is 1. The summed E-state index contributed by atoms with van der Waals surface area (Å²) in [6, 6.07) is 0.342. The van der Waals surface area contributed by atoms with E-state index >= 15 is 0 Å². The maximum absolute atomic E-state index is 12.0. The number of nitrogens with zero attached hydrogens (tertiary/aromatic N) is 2. The van der Waals surface area contributed by atoms with Gasteiger partial charge in [-0.15, -0.1) is 11.3 Å². The number of amides is 1. The lowest BCUT2D eigenvalue weighted by Crippen LogP contribution is -2.40. The van der Waals surface area contributed by atoms with Gasteiger partial charge in [0.1, 0.15) is 0 Å². The number of rotatable bonds is 2. The van der Waals surface area contributed by atoms with Crippen LogP contribution in [0.2, 0.25) is 0 Å². The molecule has 1 aromatic rings. The molecule has 1 unspecified atom stereocenters. The molecule has 1 aliphatic carbocycles. The van der Waals surface area contributed by atoms with Gasteiger partial charge in [0.25, 0.3) is 0 Å². The van der Waals surface area contributed by atoms with Crippen LogP contribution in [0, 0.1) is 5.92 Å². The van der Waals surface area contributed by atoms with E-state index < -0.39 is 0 Å². The third kappa shape index (κ3) is 2.12. The Morgan fingerprint density at radius 3 is 3.06 bits per heavy atom. The molecule has 98 valence electrons. The van der Waals surface area contributed by atoms with Gasteiger partial charge in [-0.05, 0) is 24.5 Å². The highest BCUT2D eigenvalue weighted by atomic mass is 32.1. The second-order valence-corrected chi connectivity index (χ2v) is 6.60. The SMILES string of the molecule is Nc1nc2c(s1)C[C@@H](N1CC(CS)CC1=O)CC2. The standard InChI is InChI=1S/C12H17N3OS2/c13-12-14-9-2-1-8(4-10(9)18-12)15-5-7(6-17)3-11(15)16/h7-8,17H,1-6H2,(H2,13,14)/t7?,8-/m0/s1. The molecule has 0 radical (unpaired) electrons. The van der Waals surface area contributed by atoms with Gasteiger partial charge in [-0.3, -0.25) is 4.79 Å². The van der Waals surface area contributed by atoms with Gasteiger partial charge in [0.05, 0.1) is 5.69 Å². The molecular formula is C12H17N3OS2. The number of likely N-dealkylation sites (tertiary alicyclic amines) is 1. The van der Waals surface area contributed by atoms with Crippen molar-refractivity contribution < 1.29 is 4.79 Å². The summed E-state index contributed by atoms with van der Waals surface area (Å²) in [6.07, 6.45) is 3.55. The molecule has 3 rings (SSSR count). The van der Waals surface area contributed by atoms with Crippen molar-refractivity contribution >= 4 is 35.0 Å². The molecule has 2 N–H and O–H groups in total. The molecular weight excluding hydrogens is 266 g/mol. The minimum Gasteiger partial charge on any atom is -0.375 e. The predicted molar refractivity (Wildman–Crippen MR) is 76.0 cm³/mol. The predicted octanol–water partition coefficient (Wildman–Crippen LogP) is 1.36. The number of fused-ring (bicyclic) bond motifs is 1. The summed E-state index contributed by atoms with van der Waals surface area (Å²) < 4.78 is 0. The average molecular weight is 283 g/mol. The van der Waals surface area contributed by atoms with Gasteiger partial charge in [0, 0.05) is 30.3 Å². The molecule has 4 nitrogen and oxygen atoms in total. The van der Waals surface area contributed by atoms with Gasteiger partial charge in [-0.1, -0.05) is 0 Å². The molecule has 6 heteroatoms. The summed E-state index contributed by atoms with van der Waals surface area (Å²) in [5.41, 5.74) is 6.89. The van der Waals surface area contributed by atoms with Gasteiger partial charge in [-0.2, -0.15) is 12.6 Å². The van der Waals surface area contributed by atoms with Crippen LogP contribution >= 0.6 is 24.0 Å². The molecule has 18 heavy (non-hydrogen) atoms. The Balaban J connectivity index is 1.74. The Morgan fingerprint density at radius 1 is 1.50 bits per heavy atom. The van der Waals surface area contributed by atoms with Gasteiger partial charge in [-0.25, -0.2) is 4.98 Å². The number of nitrogens with two attached hydrogens (primary N) is 1. The van der Waals surface area contributed by atoms with E-state index in [1.165, 1.54) is 4.88 Å². The van der Waals surface area contributed by atoms with Gasteiger partial charge >= 0.3 is 0 Å². The highest BCUT2D eigenvalue weighted by molar-refractivity contribution is 7.80. The van der Waals surface area contributed by atoms with Crippen LogP contribution in [0.4, 0.5) is 5.13 Å². The first-order valence-electron chi connectivity index (χ1n) is 6.31. The van der Waals surface area contributed by atoms with Crippen LogP contribution in [0.3, 0.4) is 0 Å². The van der Waals surface area contributed by atoms with Crippen molar-refractivity contribution in [2.24, 2.45) is 5.92 Å². The zero-order chi connectivity index (χ0) is 12.7. The van der Waals surface area contributed by atoms with Gasteiger partial charge in [0.2, 0.25) is 5.91 Å². The Kier molecular flexibility index (Phi) is 3.23. The molecule has 2 heterocycles. The molecule has 1 aliphatic heterocycles. The van der Waals surface area contributed by atoms with Crippen LogP contribution in [-0.2, 0) is 17.6 Å². The van der Waals surface area contributed by atoms with Crippen molar-refractivity contribution in [3.63, 3.8) is 0 Å². The number of thiazole rings is 1. The van der Waals surface area contributed by atoms with Crippen LogP contribution in [0.5, 0.6) is 0 Å². The molecule has 2 aliphatic rings. The average Bonchev–Trinajstić information content (AvgIpc) is 2.89. The van der Waals surface area contributed by atoms with E-state index in [1.54, 1.807) is 11.3 Å². The van der Waals surface area contributed by atoms with Gasteiger partial charge < -0.3 is 10.6 Å². The zero-order valence-corrected chi connectivity index (χ0v) is 11.8. The lowest BCUT2D eigenvalue weighted by Gasteiger charge is -2.30. The van der Waals surface area contributed by atoms with Crippen LogP contribution in [0.1, 0.15) is 23.4 Å². The van der Waals surface area contributed by atoms with E-state index in [2.05, 4.69) is 22.5 Å². The number of thiol groups is 1.